The number of piperazine rings is 1. The highest BCUT2D eigenvalue weighted by Gasteiger charge is 2.36. The Bertz CT molecular complexity index is 450. The number of aryl methyl sites for hydroxylation is 1. The van der Waals surface area contributed by atoms with Crippen LogP contribution in [0.2, 0.25) is 0 Å². The fourth-order valence-corrected chi connectivity index (χ4v) is 4.09. The van der Waals surface area contributed by atoms with Gasteiger partial charge in [-0.1, -0.05) is 38.1 Å². The van der Waals surface area contributed by atoms with Gasteiger partial charge < -0.3 is 5.32 Å². The molecule has 0 aromatic heterocycles. The normalized spacial score (nSPS) is 26.2. The van der Waals surface area contributed by atoms with Gasteiger partial charge in [-0.25, -0.2) is 0 Å². The Morgan fingerprint density at radius 1 is 1.25 bits per heavy atom. The van der Waals surface area contributed by atoms with Gasteiger partial charge in [-0.15, -0.1) is 0 Å². The highest BCUT2D eigenvalue weighted by atomic mass is 15.2. The second-order valence-electron chi connectivity index (χ2n) is 6.49. The first kappa shape index (κ1) is 14.1. The number of benzene rings is 1. The van der Waals surface area contributed by atoms with E-state index in [1.54, 1.807) is 11.1 Å². The average molecular weight is 272 g/mol. The first-order chi connectivity index (χ1) is 9.78. The molecule has 0 radical (unpaired) electrons. The maximum atomic E-state index is 3.78. The molecule has 0 bridgehead atoms. The standard InChI is InChI=1S/C18H28N2/c1-3-18(4-2)14-20(13-12-19-18)17-11-7-9-15-8-5-6-10-16(15)17/h5-6,8,10,17,19H,3-4,7,9,11-14H2,1-2H3. The molecule has 1 atom stereocenters. The van der Waals surface area contributed by atoms with Gasteiger partial charge in [-0.05, 0) is 43.2 Å². The van der Waals surface area contributed by atoms with Gasteiger partial charge in [-0.2, -0.15) is 0 Å². The molecule has 0 amide bonds. The summed E-state index contributed by atoms with van der Waals surface area (Å²) in [6.07, 6.45) is 6.41. The van der Waals surface area contributed by atoms with Gasteiger partial charge in [0, 0.05) is 31.2 Å². The van der Waals surface area contributed by atoms with E-state index in [2.05, 4.69) is 48.3 Å². The molecule has 1 aliphatic carbocycles. The molecule has 0 spiro atoms. The van der Waals surface area contributed by atoms with Crippen molar-refractivity contribution in [3.8, 4) is 0 Å². The van der Waals surface area contributed by atoms with E-state index in [0.29, 0.717) is 11.6 Å². The van der Waals surface area contributed by atoms with Gasteiger partial charge >= 0.3 is 0 Å². The molecule has 3 rings (SSSR count). The fraction of sp³-hybridized carbons (Fsp3) is 0.667. The molecule has 1 unspecified atom stereocenters. The van der Waals surface area contributed by atoms with Crippen LogP contribution in [0, 0.1) is 0 Å². The molecule has 0 saturated carbocycles. The van der Waals surface area contributed by atoms with E-state index >= 15 is 0 Å². The summed E-state index contributed by atoms with van der Waals surface area (Å²) in [4.78, 5) is 2.75. The predicted molar refractivity (Wildman–Crippen MR) is 85.0 cm³/mol. The van der Waals surface area contributed by atoms with Crippen LogP contribution in [0.5, 0.6) is 0 Å². The highest BCUT2D eigenvalue weighted by Crippen LogP contribution is 2.36. The van der Waals surface area contributed by atoms with Gasteiger partial charge in [0.1, 0.15) is 0 Å². The average Bonchev–Trinajstić information content (AvgIpc) is 2.54. The third kappa shape index (κ3) is 2.51. The summed E-state index contributed by atoms with van der Waals surface area (Å²) in [5.74, 6) is 0. The summed E-state index contributed by atoms with van der Waals surface area (Å²) in [6, 6.07) is 9.75. The summed E-state index contributed by atoms with van der Waals surface area (Å²) in [5.41, 5.74) is 3.52. The molecule has 1 fully saturated rings. The lowest BCUT2D eigenvalue weighted by molar-refractivity contribution is 0.0776. The number of fused-ring (bicyclic) bond motifs is 1. The number of nitrogens with zero attached hydrogens (tertiary/aromatic N) is 1. The molecule has 1 aromatic carbocycles. The van der Waals surface area contributed by atoms with Crippen LogP contribution in [0.4, 0.5) is 0 Å². The molecular formula is C18H28N2. The Morgan fingerprint density at radius 2 is 2.05 bits per heavy atom. The Hall–Kier alpha value is -0.860. The van der Waals surface area contributed by atoms with Crippen LogP contribution >= 0.6 is 0 Å². The van der Waals surface area contributed by atoms with Crippen LogP contribution in [0.25, 0.3) is 0 Å². The van der Waals surface area contributed by atoms with Crippen molar-refractivity contribution in [3.63, 3.8) is 0 Å². The number of rotatable bonds is 3. The van der Waals surface area contributed by atoms with Crippen molar-refractivity contribution in [2.45, 2.75) is 57.5 Å². The van der Waals surface area contributed by atoms with E-state index in [1.807, 2.05) is 0 Å². The minimum Gasteiger partial charge on any atom is -0.309 e. The number of hydrogen-bond acceptors (Lipinski definition) is 2. The molecule has 1 aromatic rings. The van der Waals surface area contributed by atoms with Crippen LogP contribution < -0.4 is 5.32 Å². The summed E-state index contributed by atoms with van der Waals surface area (Å²) >= 11 is 0. The zero-order valence-electron chi connectivity index (χ0n) is 13.0. The molecule has 110 valence electrons. The Balaban J connectivity index is 1.83. The molecule has 2 nitrogen and oxygen atoms in total. The van der Waals surface area contributed by atoms with Crippen molar-refractivity contribution in [3.05, 3.63) is 35.4 Å². The molecule has 1 N–H and O–H groups in total. The highest BCUT2D eigenvalue weighted by molar-refractivity contribution is 5.32. The largest absolute Gasteiger partial charge is 0.309 e. The maximum absolute atomic E-state index is 3.78. The Morgan fingerprint density at radius 3 is 2.85 bits per heavy atom. The maximum Gasteiger partial charge on any atom is 0.0352 e. The van der Waals surface area contributed by atoms with Crippen LogP contribution in [0.3, 0.4) is 0 Å². The summed E-state index contributed by atoms with van der Waals surface area (Å²) in [7, 11) is 0. The van der Waals surface area contributed by atoms with Crippen molar-refractivity contribution >= 4 is 0 Å². The lowest BCUT2D eigenvalue weighted by atomic mass is 9.84. The lowest BCUT2D eigenvalue weighted by Crippen LogP contribution is -2.60. The summed E-state index contributed by atoms with van der Waals surface area (Å²) in [6.45, 7) is 8.20. The van der Waals surface area contributed by atoms with E-state index in [1.165, 1.54) is 45.2 Å². The Kier molecular flexibility index (Phi) is 4.13. The molecule has 2 heteroatoms. The van der Waals surface area contributed by atoms with Gasteiger partial charge in [-0.3, -0.25) is 4.90 Å². The van der Waals surface area contributed by atoms with Crippen molar-refractivity contribution in [1.82, 2.24) is 10.2 Å². The second kappa shape index (κ2) is 5.87. The Labute approximate surface area is 123 Å². The van der Waals surface area contributed by atoms with E-state index in [-0.39, 0.29) is 0 Å². The lowest BCUT2D eigenvalue weighted by Gasteiger charge is -2.47. The van der Waals surface area contributed by atoms with Crippen LogP contribution in [0.15, 0.2) is 24.3 Å². The van der Waals surface area contributed by atoms with Gasteiger partial charge in [0.15, 0.2) is 0 Å². The third-order valence-corrected chi connectivity index (χ3v) is 5.54. The molecule has 20 heavy (non-hydrogen) atoms. The molecule has 2 aliphatic rings. The first-order valence-corrected chi connectivity index (χ1v) is 8.35. The van der Waals surface area contributed by atoms with Crippen LogP contribution in [-0.2, 0) is 6.42 Å². The predicted octanol–water partition coefficient (Wildman–Crippen LogP) is 3.53. The number of hydrogen-bond donors (Lipinski definition) is 1. The molecule has 1 aliphatic heterocycles. The van der Waals surface area contributed by atoms with Gasteiger partial charge in [0.05, 0.1) is 0 Å². The third-order valence-electron chi connectivity index (χ3n) is 5.54. The topological polar surface area (TPSA) is 15.3 Å². The SMILES string of the molecule is CCC1(CC)CN(C2CCCc3ccccc32)CCN1. The summed E-state index contributed by atoms with van der Waals surface area (Å²) < 4.78 is 0. The zero-order valence-corrected chi connectivity index (χ0v) is 13.0. The van der Waals surface area contributed by atoms with E-state index in [4.69, 9.17) is 0 Å². The fourth-order valence-electron chi connectivity index (χ4n) is 4.09. The monoisotopic (exact) mass is 272 g/mol. The van der Waals surface area contributed by atoms with Crippen molar-refractivity contribution in [2.75, 3.05) is 19.6 Å². The van der Waals surface area contributed by atoms with Crippen molar-refractivity contribution in [1.29, 1.82) is 0 Å². The zero-order chi connectivity index (χ0) is 14.0. The van der Waals surface area contributed by atoms with Crippen LogP contribution in [-0.4, -0.2) is 30.1 Å². The molecule has 1 saturated heterocycles. The first-order valence-electron chi connectivity index (χ1n) is 8.35. The smallest absolute Gasteiger partial charge is 0.0352 e. The quantitative estimate of drug-likeness (QED) is 0.905. The van der Waals surface area contributed by atoms with Crippen molar-refractivity contribution in [2.24, 2.45) is 0 Å². The molecular weight excluding hydrogens is 244 g/mol. The minimum absolute atomic E-state index is 0.338. The van der Waals surface area contributed by atoms with E-state index in [0.717, 1.165) is 6.54 Å². The van der Waals surface area contributed by atoms with Gasteiger partial charge in [0.25, 0.3) is 0 Å². The number of nitrogens with one attached hydrogen (secondary N) is 1. The van der Waals surface area contributed by atoms with E-state index in [9.17, 15) is 0 Å². The van der Waals surface area contributed by atoms with Gasteiger partial charge in [0.2, 0.25) is 0 Å². The van der Waals surface area contributed by atoms with Crippen LogP contribution in [0.1, 0.15) is 56.7 Å². The summed E-state index contributed by atoms with van der Waals surface area (Å²) in [5, 5.41) is 3.78. The second-order valence-corrected chi connectivity index (χ2v) is 6.49. The van der Waals surface area contributed by atoms with E-state index < -0.39 is 0 Å². The van der Waals surface area contributed by atoms with Crippen molar-refractivity contribution < 1.29 is 0 Å². The minimum atomic E-state index is 0.338. The molecule has 1 heterocycles.